The average Bonchev–Trinajstić information content (AvgIpc) is 1.61. The maximum absolute atomic E-state index is 14.6. The topological polar surface area (TPSA) is 526 Å². The monoisotopic (exact) mass is 1500 g/mol. The lowest BCUT2D eigenvalue weighted by Crippen LogP contribution is -2.61. The lowest BCUT2D eigenvalue weighted by Gasteiger charge is -2.38. The molecule has 0 radical (unpaired) electrons. The molecule has 0 bridgehead atoms. The average molecular weight is 1500 g/mol. The van der Waals surface area contributed by atoms with Crippen molar-refractivity contribution in [3.63, 3.8) is 0 Å². The van der Waals surface area contributed by atoms with Crippen molar-refractivity contribution in [2.75, 3.05) is 83.7 Å². The molecule has 4 saturated heterocycles. The van der Waals surface area contributed by atoms with Gasteiger partial charge in [0, 0.05) is 56.9 Å². The van der Waals surface area contributed by atoms with E-state index in [1.54, 1.807) is 0 Å². The number of hydrogen-bond acceptors (Lipinski definition) is 28. The van der Waals surface area contributed by atoms with Gasteiger partial charge in [0.15, 0.2) is 47.7 Å². The first-order chi connectivity index (χ1) is 51.0. The predicted molar refractivity (Wildman–Crippen MR) is 363 cm³/mol. The Morgan fingerprint density at radius 3 is 1.52 bits per heavy atom. The van der Waals surface area contributed by atoms with E-state index in [1.165, 1.54) is 91.8 Å². The van der Waals surface area contributed by atoms with Crippen molar-refractivity contribution in [2.45, 2.75) is 145 Å². The molecule has 4 fully saturated rings. The Kier molecular flexibility index (Phi) is 25.2. The summed E-state index contributed by atoms with van der Waals surface area (Å²) in [6.45, 7) is 6.66. The van der Waals surface area contributed by atoms with Crippen LogP contribution in [0.15, 0.2) is 77.9 Å². The number of benzene rings is 4. The largest absolute Gasteiger partial charge is 0.493 e. The van der Waals surface area contributed by atoms with Gasteiger partial charge in [-0.2, -0.15) is 0 Å². The molecular formula is C69H83N9O29. The molecule has 6 aliphatic rings. The summed E-state index contributed by atoms with van der Waals surface area (Å²) in [6, 6.07) is 11.1. The van der Waals surface area contributed by atoms with Gasteiger partial charge >= 0.3 is 24.1 Å². The summed E-state index contributed by atoms with van der Waals surface area (Å²) in [5, 5.41) is 115. The van der Waals surface area contributed by atoms with E-state index in [0.717, 1.165) is 9.80 Å². The molecule has 14 atom stereocenters. The number of carbonyl (C=O) groups excluding carboxylic acids is 6. The second-order valence-electron chi connectivity index (χ2n) is 26.6. The summed E-state index contributed by atoms with van der Waals surface area (Å²) in [7, 11) is 4.09. The number of fused-ring (bicyclic) bond motifs is 4. The third kappa shape index (κ3) is 17.2. The molecule has 0 aliphatic carbocycles. The van der Waals surface area contributed by atoms with Gasteiger partial charge in [0.25, 0.3) is 23.6 Å². The standard InChI is InChI=1S/C69H83N9O29/c1-32-20-41-61(89)77(67(95)102-29-33-10-12-43(37(21-33)57(85)71-14-15-73-74-70)104-65-53(83)49(79)51(81)55(106-65)63(91)92)39-25-47(45(98-5)23-35(39)59(87)75(41)28-32)100-17-8-7-9-18-101-48-26-40-36(24-46(48)99-6)60(88)76-31-69(2,3)27-42(76)62(90)78(40)68(96)103-30-34-11-13-44(38(22-34)58(86)72-16-19-97-4)105-66-54(84)50(80)52(82)56(107-66)64(93)94/h10-13,21-26,41-42,49-56,61-62,65-66,79-84,89-90H,1,7-9,14-20,27-31H2,2-6H3,(H,71,85)(H,72,86)(H,91,92)(H,93,94)/t41-,42-,49-,50-,51-,52-,53+,54+,55-,56-,61?,62?,65+,66+/m0/s1. The van der Waals surface area contributed by atoms with Crippen molar-refractivity contribution in [1.82, 2.24) is 20.4 Å². The van der Waals surface area contributed by atoms with Gasteiger partial charge in [0.2, 0.25) is 12.6 Å². The van der Waals surface area contributed by atoms with E-state index in [2.05, 4.69) is 27.2 Å². The van der Waals surface area contributed by atoms with Crippen molar-refractivity contribution in [2.24, 2.45) is 10.5 Å². The number of aliphatic hydroxyl groups excluding tert-OH is 8. The van der Waals surface area contributed by atoms with Crippen LogP contribution >= 0.6 is 0 Å². The lowest BCUT2D eigenvalue weighted by molar-refractivity contribution is -0.271. The number of azide groups is 1. The summed E-state index contributed by atoms with van der Waals surface area (Å²) < 4.78 is 62.6. The molecule has 6 heterocycles. The lowest BCUT2D eigenvalue weighted by atomic mass is 9.90. The summed E-state index contributed by atoms with van der Waals surface area (Å²) in [5.41, 5.74) is 8.24. The number of nitrogens with one attached hydrogen (secondary N) is 2. The van der Waals surface area contributed by atoms with E-state index in [9.17, 15) is 89.4 Å². The van der Waals surface area contributed by atoms with Crippen LogP contribution in [0.4, 0.5) is 21.0 Å². The number of hydrogen-bond donors (Lipinski definition) is 12. The van der Waals surface area contributed by atoms with Gasteiger partial charge < -0.3 is 124 Å². The number of unbranched alkanes of at least 4 members (excludes halogenated alkanes) is 2. The molecule has 0 saturated carbocycles. The van der Waals surface area contributed by atoms with E-state index in [-0.39, 0.29) is 145 Å². The molecule has 6 amide bonds. The molecule has 12 N–H and O–H groups in total. The molecular weight excluding hydrogens is 1420 g/mol. The Hall–Kier alpha value is -10.3. The molecule has 578 valence electrons. The smallest absolute Gasteiger partial charge is 0.416 e. The zero-order valence-electron chi connectivity index (χ0n) is 58.5. The first-order valence-electron chi connectivity index (χ1n) is 33.8. The maximum Gasteiger partial charge on any atom is 0.416 e. The second kappa shape index (κ2) is 34.0. The SMILES string of the molecule is C=C1C[C@H]2C(O)N(C(=O)OCc3ccc(O[C@@H]4O[C@H](C(=O)O)[C@@H](O)[C@H](O)[C@H]4O)c(C(=O)NCCN=[N+]=[N-])c3)c3cc(OCCCCCOc4cc5c(cc4OC)C(=O)N4CC(C)(C)C[C@H]4C(O)N5C(=O)OCc4ccc(O[C@@H]5O[C@H](C(=O)O)[C@@H](O)[C@H](O)[C@H]5O)c(C(=O)NCCOC)c4)c(OC)cc3C(=O)N2C1. The highest BCUT2D eigenvalue weighted by Gasteiger charge is 2.53. The van der Waals surface area contributed by atoms with Crippen molar-refractivity contribution in [3.8, 4) is 34.5 Å². The number of amides is 6. The minimum Gasteiger partial charge on any atom is -0.493 e. The van der Waals surface area contributed by atoms with Gasteiger partial charge in [-0.15, -0.1) is 0 Å². The van der Waals surface area contributed by atoms with Gasteiger partial charge in [0.05, 0.1) is 79.8 Å². The molecule has 107 heavy (non-hydrogen) atoms. The first-order valence-corrected chi connectivity index (χ1v) is 33.8. The third-order valence-electron chi connectivity index (χ3n) is 18.6. The van der Waals surface area contributed by atoms with E-state index in [1.807, 2.05) is 13.8 Å². The number of ether oxygens (including phenoxy) is 11. The summed E-state index contributed by atoms with van der Waals surface area (Å²) in [4.78, 5) is 116. The highest BCUT2D eigenvalue weighted by Crippen LogP contribution is 2.46. The highest BCUT2D eigenvalue weighted by molar-refractivity contribution is 6.07. The van der Waals surface area contributed by atoms with E-state index in [4.69, 9.17) is 57.6 Å². The number of carboxylic acids is 2. The van der Waals surface area contributed by atoms with E-state index >= 15 is 0 Å². The number of methoxy groups -OCH3 is 3. The van der Waals surface area contributed by atoms with Crippen LogP contribution in [0.3, 0.4) is 0 Å². The number of rotatable bonds is 28. The summed E-state index contributed by atoms with van der Waals surface area (Å²) in [6.07, 6.45) is -24.3. The molecule has 2 unspecified atom stereocenters. The predicted octanol–water partition coefficient (Wildman–Crippen LogP) is 1.25. The molecule has 0 spiro atoms. The van der Waals surface area contributed by atoms with Crippen molar-refractivity contribution < 1.29 is 142 Å². The fourth-order valence-corrected chi connectivity index (χ4v) is 13.2. The fourth-order valence-electron chi connectivity index (χ4n) is 13.2. The highest BCUT2D eigenvalue weighted by atomic mass is 16.7. The minimum atomic E-state index is -2.06. The van der Waals surface area contributed by atoms with Crippen LogP contribution in [0.1, 0.15) is 98.5 Å². The quantitative estimate of drug-likeness (QED) is 0.0125. The van der Waals surface area contributed by atoms with Crippen LogP contribution in [0.5, 0.6) is 34.5 Å². The van der Waals surface area contributed by atoms with Gasteiger partial charge in [0.1, 0.15) is 61.3 Å². The van der Waals surface area contributed by atoms with Crippen molar-refractivity contribution >= 4 is 59.1 Å². The van der Waals surface area contributed by atoms with Crippen molar-refractivity contribution in [3.05, 3.63) is 117 Å². The van der Waals surface area contributed by atoms with Crippen LogP contribution in [-0.4, -0.2) is 268 Å². The Morgan fingerprint density at radius 2 is 1.07 bits per heavy atom. The van der Waals surface area contributed by atoms with Gasteiger partial charge in [-0.3, -0.25) is 19.2 Å². The molecule has 4 aromatic rings. The van der Waals surface area contributed by atoms with Crippen molar-refractivity contribution in [1.29, 1.82) is 0 Å². The molecule has 4 aromatic carbocycles. The van der Waals surface area contributed by atoms with Crippen LogP contribution in [0, 0.1) is 5.41 Å². The van der Waals surface area contributed by atoms with Crippen LogP contribution in [0.25, 0.3) is 10.4 Å². The molecule has 38 nitrogen and oxygen atoms in total. The number of nitrogens with zero attached hydrogens (tertiary/aromatic N) is 7. The Balaban J connectivity index is 0.830. The fraction of sp³-hybridized carbons (Fsp3) is 0.507. The molecule has 6 aliphatic heterocycles. The Labute approximate surface area is 609 Å². The molecule has 0 aromatic heterocycles. The van der Waals surface area contributed by atoms with Gasteiger partial charge in [-0.1, -0.05) is 43.2 Å². The third-order valence-corrected chi connectivity index (χ3v) is 18.6. The van der Waals surface area contributed by atoms with E-state index in [0.29, 0.717) is 24.8 Å². The summed E-state index contributed by atoms with van der Waals surface area (Å²) >= 11 is 0. The number of aliphatic hydroxyl groups is 8. The van der Waals surface area contributed by atoms with Gasteiger partial charge in [-0.25, -0.2) is 29.0 Å². The van der Waals surface area contributed by atoms with Crippen LogP contribution in [-0.2, 0) is 46.5 Å². The number of carboxylic acid groups (broad SMARTS) is 2. The number of carbonyl (C=O) groups is 8. The summed E-state index contributed by atoms with van der Waals surface area (Å²) in [5.74, 6) is -6.44. The second-order valence-corrected chi connectivity index (χ2v) is 26.6. The van der Waals surface area contributed by atoms with Crippen LogP contribution < -0.4 is 48.9 Å². The number of aliphatic carboxylic acids is 2. The zero-order chi connectivity index (χ0) is 77.5. The van der Waals surface area contributed by atoms with E-state index < -0.39 is 152 Å². The van der Waals surface area contributed by atoms with Crippen LogP contribution in [0.2, 0.25) is 0 Å². The molecule has 10 rings (SSSR count). The number of anilines is 2. The maximum atomic E-state index is 14.6. The Morgan fingerprint density at radius 1 is 0.598 bits per heavy atom. The molecule has 38 heteroatoms. The van der Waals surface area contributed by atoms with Gasteiger partial charge in [-0.05, 0) is 90.6 Å². The minimum absolute atomic E-state index is 0.00451. The zero-order valence-corrected chi connectivity index (χ0v) is 58.5. The normalized spacial score (nSPS) is 25.6. The first kappa shape index (κ1) is 79.2. The Bertz CT molecular complexity index is 4080.